The number of amides is 1. The van der Waals surface area contributed by atoms with Crippen molar-refractivity contribution in [3.63, 3.8) is 0 Å². The summed E-state index contributed by atoms with van der Waals surface area (Å²) in [6, 6.07) is 7.32. The number of nitrogens with zero attached hydrogens (tertiary/aromatic N) is 1. The van der Waals surface area contributed by atoms with Crippen LogP contribution in [0.1, 0.15) is 37.4 Å². The second-order valence-corrected chi connectivity index (χ2v) is 6.46. The molecule has 1 heterocycles. The van der Waals surface area contributed by atoms with Crippen molar-refractivity contribution in [3.05, 3.63) is 53.7 Å². The number of primary amides is 1. The summed E-state index contributed by atoms with van der Waals surface area (Å²) in [5, 5.41) is 2.97. The molecule has 10 heteroatoms. The van der Waals surface area contributed by atoms with E-state index in [2.05, 4.69) is 10.3 Å². The van der Waals surface area contributed by atoms with Crippen molar-refractivity contribution < 1.29 is 32.3 Å². The molecule has 0 saturated carbocycles. The molecular weight excluding hydrogens is 403 g/mol. The Balaban J connectivity index is 2.03. The number of alkyl halides is 3. The number of ketones is 2. The van der Waals surface area contributed by atoms with Gasteiger partial charge in [-0.1, -0.05) is 19.1 Å². The topological polar surface area (TPSA) is 111 Å². The smallest absolute Gasteiger partial charge is 0.417 e. The van der Waals surface area contributed by atoms with Crippen molar-refractivity contribution >= 4 is 17.5 Å². The molecule has 160 valence electrons. The number of ether oxygens (including phenoxy) is 1. The standard InChI is InChI=1S/C20H20F3N3O4/c1-3-15(17(27)18(28)19(24)29)26-11(2)12-4-7-14(8-5-12)30-16-9-6-13(10-25-16)20(21,22)23/h4-11,15,26H,3H2,1-2H3,(H2,24,29). The molecule has 0 aliphatic heterocycles. The fourth-order valence-corrected chi connectivity index (χ4v) is 2.61. The highest BCUT2D eigenvalue weighted by atomic mass is 19.4. The lowest BCUT2D eigenvalue weighted by Crippen LogP contribution is -2.45. The number of halogens is 3. The average Bonchev–Trinajstić information content (AvgIpc) is 2.71. The van der Waals surface area contributed by atoms with Gasteiger partial charge in [-0.2, -0.15) is 13.2 Å². The highest BCUT2D eigenvalue weighted by molar-refractivity contribution is 6.64. The van der Waals surface area contributed by atoms with Crippen molar-refractivity contribution in [3.8, 4) is 11.6 Å². The Morgan fingerprint density at radius 3 is 2.23 bits per heavy atom. The van der Waals surface area contributed by atoms with Crippen LogP contribution >= 0.6 is 0 Å². The van der Waals surface area contributed by atoms with Gasteiger partial charge < -0.3 is 15.8 Å². The lowest BCUT2D eigenvalue weighted by atomic mass is 10.0. The number of hydrogen-bond donors (Lipinski definition) is 2. The van der Waals surface area contributed by atoms with Gasteiger partial charge in [-0.15, -0.1) is 0 Å². The predicted molar refractivity (Wildman–Crippen MR) is 101 cm³/mol. The molecule has 0 bridgehead atoms. The number of nitrogens with two attached hydrogens (primary N) is 1. The monoisotopic (exact) mass is 423 g/mol. The van der Waals surface area contributed by atoms with Crippen molar-refractivity contribution in [1.82, 2.24) is 10.3 Å². The van der Waals surface area contributed by atoms with Crippen LogP contribution in [0.3, 0.4) is 0 Å². The van der Waals surface area contributed by atoms with Gasteiger partial charge in [0.1, 0.15) is 5.75 Å². The third kappa shape index (κ3) is 5.86. The number of nitrogens with one attached hydrogen (secondary N) is 1. The molecule has 0 saturated heterocycles. The number of aromatic nitrogens is 1. The molecule has 1 amide bonds. The van der Waals surface area contributed by atoms with E-state index in [1.165, 1.54) is 0 Å². The highest BCUT2D eigenvalue weighted by Crippen LogP contribution is 2.30. The van der Waals surface area contributed by atoms with Crippen molar-refractivity contribution in [2.45, 2.75) is 38.5 Å². The molecule has 2 unspecified atom stereocenters. The van der Waals surface area contributed by atoms with Crippen molar-refractivity contribution in [1.29, 1.82) is 0 Å². The second kappa shape index (κ2) is 9.49. The van der Waals surface area contributed by atoms with Gasteiger partial charge in [0.2, 0.25) is 11.7 Å². The van der Waals surface area contributed by atoms with Crippen molar-refractivity contribution in [2.24, 2.45) is 5.73 Å². The van der Waals surface area contributed by atoms with Crippen LogP contribution in [-0.2, 0) is 20.6 Å². The predicted octanol–water partition coefficient (Wildman–Crippen LogP) is 2.95. The molecule has 0 aliphatic rings. The van der Waals surface area contributed by atoms with Crippen LogP contribution in [0.5, 0.6) is 11.6 Å². The summed E-state index contributed by atoms with van der Waals surface area (Å²) >= 11 is 0. The minimum atomic E-state index is -4.48. The lowest BCUT2D eigenvalue weighted by molar-refractivity contribution is -0.144. The number of benzene rings is 1. The summed E-state index contributed by atoms with van der Waals surface area (Å²) < 4.78 is 43.1. The van der Waals surface area contributed by atoms with E-state index in [9.17, 15) is 27.6 Å². The molecule has 7 nitrogen and oxygen atoms in total. The molecule has 1 aromatic heterocycles. The Bertz CT molecular complexity index is 912. The maximum Gasteiger partial charge on any atom is 0.417 e. The fraction of sp³-hybridized carbons (Fsp3) is 0.300. The Labute approximate surface area is 170 Å². The van der Waals surface area contributed by atoms with Crippen LogP contribution in [0, 0.1) is 0 Å². The first kappa shape index (κ1) is 23.0. The third-order valence-electron chi connectivity index (χ3n) is 4.29. The fourth-order valence-electron chi connectivity index (χ4n) is 2.61. The Kier molecular flexibility index (Phi) is 7.28. The molecule has 0 fully saturated rings. The lowest BCUT2D eigenvalue weighted by Gasteiger charge is -2.21. The summed E-state index contributed by atoms with van der Waals surface area (Å²) in [6.07, 6.45) is -3.51. The Hall–Kier alpha value is -3.27. The van der Waals surface area contributed by atoms with E-state index in [-0.39, 0.29) is 18.3 Å². The summed E-state index contributed by atoms with van der Waals surface area (Å²) in [7, 11) is 0. The molecule has 1 aromatic carbocycles. The molecule has 2 rings (SSSR count). The zero-order valence-electron chi connectivity index (χ0n) is 16.2. The second-order valence-electron chi connectivity index (χ2n) is 6.46. The number of carbonyl (C=O) groups excluding carboxylic acids is 3. The number of rotatable bonds is 9. The van der Waals surface area contributed by atoms with Gasteiger partial charge in [-0.05, 0) is 37.1 Å². The van der Waals surface area contributed by atoms with Gasteiger partial charge >= 0.3 is 6.18 Å². The molecule has 2 aromatic rings. The van der Waals surface area contributed by atoms with E-state index in [0.29, 0.717) is 11.9 Å². The van der Waals surface area contributed by atoms with Gasteiger partial charge in [0.15, 0.2) is 0 Å². The Morgan fingerprint density at radius 1 is 1.13 bits per heavy atom. The van der Waals surface area contributed by atoms with E-state index in [1.807, 2.05) is 0 Å². The molecule has 0 aliphatic carbocycles. The first-order chi connectivity index (χ1) is 14.0. The van der Waals surface area contributed by atoms with E-state index in [1.54, 1.807) is 38.1 Å². The van der Waals surface area contributed by atoms with E-state index >= 15 is 0 Å². The van der Waals surface area contributed by atoms with Gasteiger partial charge in [0.25, 0.3) is 11.7 Å². The maximum atomic E-state index is 12.6. The minimum absolute atomic E-state index is 0.00327. The number of hydrogen-bond acceptors (Lipinski definition) is 6. The van der Waals surface area contributed by atoms with E-state index < -0.39 is 35.3 Å². The maximum absolute atomic E-state index is 12.6. The molecular formula is C20H20F3N3O4. The Morgan fingerprint density at radius 2 is 1.77 bits per heavy atom. The van der Waals surface area contributed by atoms with E-state index in [0.717, 1.165) is 17.7 Å². The molecule has 30 heavy (non-hydrogen) atoms. The highest BCUT2D eigenvalue weighted by Gasteiger charge is 2.31. The third-order valence-corrected chi connectivity index (χ3v) is 4.29. The van der Waals surface area contributed by atoms with Crippen LogP contribution in [0.2, 0.25) is 0 Å². The van der Waals surface area contributed by atoms with Crippen LogP contribution in [0.15, 0.2) is 42.6 Å². The number of Topliss-reactive ketones (excluding diaryl/α,β-unsaturated/α-hetero) is 2. The number of carbonyl (C=O) groups is 3. The first-order valence-corrected chi connectivity index (χ1v) is 8.98. The average molecular weight is 423 g/mol. The molecule has 3 N–H and O–H groups in total. The van der Waals surface area contributed by atoms with Crippen molar-refractivity contribution in [2.75, 3.05) is 0 Å². The zero-order chi connectivity index (χ0) is 22.5. The van der Waals surface area contributed by atoms with Crippen LogP contribution < -0.4 is 15.8 Å². The van der Waals surface area contributed by atoms with Gasteiger partial charge in [-0.3, -0.25) is 14.4 Å². The van der Waals surface area contributed by atoms with E-state index in [4.69, 9.17) is 10.5 Å². The normalized spacial score (nSPS) is 13.4. The van der Waals surface area contributed by atoms with Crippen LogP contribution in [-0.4, -0.2) is 28.5 Å². The van der Waals surface area contributed by atoms with Gasteiger partial charge in [0.05, 0.1) is 11.6 Å². The molecule has 2 atom stereocenters. The largest absolute Gasteiger partial charge is 0.439 e. The first-order valence-electron chi connectivity index (χ1n) is 8.98. The van der Waals surface area contributed by atoms with Gasteiger partial charge in [-0.25, -0.2) is 4.98 Å². The zero-order valence-corrected chi connectivity index (χ0v) is 16.2. The molecule has 0 radical (unpaired) electrons. The minimum Gasteiger partial charge on any atom is -0.439 e. The molecule has 0 spiro atoms. The summed E-state index contributed by atoms with van der Waals surface area (Å²) in [5.41, 5.74) is 4.74. The number of pyridine rings is 1. The summed E-state index contributed by atoms with van der Waals surface area (Å²) in [5.74, 6) is -3.10. The SMILES string of the molecule is CCC(NC(C)c1ccc(Oc2ccc(C(F)(F)F)cn2)cc1)C(=O)C(=O)C(N)=O. The quantitative estimate of drug-likeness (QED) is 0.474. The van der Waals surface area contributed by atoms with Crippen LogP contribution in [0.25, 0.3) is 0 Å². The van der Waals surface area contributed by atoms with Crippen LogP contribution in [0.4, 0.5) is 13.2 Å². The summed E-state index contributed by atoms with van der Waals surface area (Å²) in [6.45, 7) is 3.45. The summed E-state index contributed by atoms with van der Waals surface area (Å²) in [4.78, 5) is 38.1. The van der Waals surface area contributed by atoms with Gasteiger partial charge in [0, 0.05) is 18.3 Å².